The van der Waals surface area contributed by atoms with Crippen molar-refractivity contribution in [2.75, 3.05) is 30.7 Å². The lowest BCUT2D eigenvalue weighted by atomic mass is 9.83. The predicted octanol–water partition coefficient (Wildman–Crippen LogP) is 4.42. The number of nitriles is 1. The molecule has 39 heavy (non-hydrogen) atoms. The number of carbonyl (C=O) groups excluding carboxylic acids is 1. The molecular formula is C29H29N5O2S3. The maximum atomic E-state index is 12.9. The fourth-order valence-corrected chi connectivity index (χ4v) is 8.31. The van der Waals surface area contributed by atoms with Gasteiger partial charge in [-0.25, -0.2) is 0 Å². The van der Waals surface area contributed by atoms with Gasteiger partial charge < -0.3 is 14.8 Å². The zero-order chi connectivity index (χ0) is 26.9. The lowest BCUT2D eigenvalue weighted by molar-refractivity contribution is -0.113. The van der Waals surface area contributed by atoms with Crippen LogP contribution in [0, 0.1) is 17.2 Å². The second-order valence-corrected chi connectivity index (χ2v) is 13.2. The van der Waals surface area contributed by atoms with Crippen LogP contribution < -0.4 is 10.9 Å². The van der Waals surface area contributed by atoms with Crippen molar-refractivity contribution in [3.63, 3.8) is 0 Å². The molecule has 1 saturated heterocycles. The summed E-state index contributed by atoms with van der Waals surface area (Å²) in [6, 6.07) is 18.2. The Morgan fingerprint density at radius 1 is 1.15 bits per heavy atom. The zero-order valence-electron chi connectivity index (χ0n) is 21.5. The highest BCUT2D eigenvalue weighted by atomic mass is 32.2. The number of benzene rings is 1. The topological polar surface area (TPSA) is 81.4 Å². The van der Waals surface area contributed by atoms with Crippen LogP contribution in [-0.4, -0.2) is 50.0 Å². The first-order chi connectivity index (χ1) is 19.0. The zero-order valence-corrected chi connectivity index (χ0v) is 23.9. The van der Waals surface area contributed by atoms with E-state index in [-0.39, 0.29) is 23.1 Å². The van der Waals surface area contributed by atoms with E-state index in [0.717, 1.165) is 68.2 Å². The molecule has 2 bridgehead atoms. The summed E-state index contributed by atoms with van der Waals surface area (Å²) in [6.07, 6.45) is 1.87. The van der Waals surface area contributed by atoms with E-state index < -0.39 is 0 Å². The highest BCUT2D eigenvalue weighted by molar-refractivity contribution is 8.23. The number of thioether (sulfide) groups is 1. The van der Waals surface area contributed by atoms with Crippen LogP contribution >= 0.6 is 35.3 Å². The Morgan fingerprint density at radius 2 is 2.00 bits per heavy atom. The van der Waals surface area contributed by atoms with Gasteiger partial charge in [-0.3, -0.25) is 14.5 Å². The average Bonchev–Trinajstić information content (AvgIpc) is 3.28. The normalized spacial score (nSPS) is 20.0. The van der Waals surface area contributed by atoms with Crippen LogP contribution in [0.3, 0.4) is 0 Å². The highest BCUT2D eigenvalue weighted by Crippen LogP contribution is 2.38. The third kappa shape index (κ3) is 5.54. The molecule has 7 nitrogen and oxygen atoms in total. The summed E-state index contributed by atoms with van der Waals surface area (Å²) in [7, 11) is 0. The molecule has 3 aliphatic rings. The van der Waals surface area contributed by atoms with Gasteiger partial charge in [0.15, 0.2) is 0 Å². The summed E-state index contributed by atoms with van der Waals surface area (Å²) in [6.45, 7) is 4.84. The van der Waals surface area contributed by atoms with Crippen LogP contribution in [0.25, 0.3) is 0 Å². The minimum atomic E-state index is -0.146. The first-order valence-corrected chi connectivity index (χ1v) is 15.4. The van der Waals surface area contributed by atoms with Gasteiger partial charge in [-0.2, -0.15) is 5.26 Å². The number of hydrogen-bond acceptors (Lipinski definition) is 7. The summed E-state index contributed by atoms with van der Waals surface area (Å²) in [5.74, 6) is 0.707. The molecule has 0 spiro atoms. The number of piperidine rings is 1. The number of thiocarbonyl (C=S) groups is 1. The number of thiophene rings is 1. The Kier molecular flexibility index (Phi) is 7.58. The van der Waals surface area contributed by atoms with Crippen LogP contribution in [-0.2, 0) is 30.8 Å². The minimum absolute atomic E-state index is 0.0696. The quantitative estimate of drug-likeness (QED) is 0.451. The molecule has 6 rings (SSSR count). The predicted molar refractivity (Wildman–Crippen MR) is 160 cm³/mol. The Labute approximate surface area is 241 Å². The Bertz CT molecular complexity index is 1510. The molecule has 10 heteroatoms. The molecule has 2 aromatic heterocycles. The number of pyridine rings is 1. The van der Waals surface area contributed by atoms with Crippen molar-refractivity contribution in [1.29, 1.82) is 5.26 Å². The number of likely N-dealkylation sites (tertiary alicyclic amines) is 1. The van der Waals surface area contributed by atoms with Crippen LogP contribution in [0.15, 0.2) is 53.3 Å². The highest BCUT2D eigenvalue weighted by Gasteiger charge is 2.35. The number of hydrogen-bond donors (Lipinski definition) is 1. The molecule has 3 aromatic rings. The van der Waals surface area contributed by atoms with Crippen molar-refractivity contribution in [3.8, 4) is 6.07 Å². The monoisotopic (exact) mass is 575 g/mol. The van der Waals surface area contributed by atoms with Crippen LogP contribution in [0.1, 0.15) is 39.6 Å². The molecule has 1 N–H and O–H groups in total. The van der Waals surface area contributed by atoms with Crippen LogP contribution in [0.2, 0.25) is 0 Å². The lowest BCUT2D eigenvalue weighted by Crippen LogP contribution is -2.48. The van der Waals surface area contributed by atoms with Crippen LogP contribution in [0.5, 0.6) is 0 Å². The molecule has 0 saturated carbocycles. The summed E-state index contributed by atoms with van der Waals surface area (Å²) in [5.41, 5.74) is 4.11. The number of anilines is 1. The van der Waals surface area contributed by atoms with Gasteiger partial charge in [0.1, 0.15) is 15.4 Å². The molecule has 1 aromatic carbocycles. The SMILES string of the molecule is N#Cc1c(NC(=O)CSC(=S)N2C[C@@H]3C[C@@H](C2)c2cccc(=O)n2C3)sc2c1CCN(Cc1ccccc1)C2. The number of fused-ring (bicyclic) bond motifs is 5. The van der Waals surface area contributed by atoms with E-state index in [9.17, 15) is 14.9 Å². The number of nitrogens with one attached hydrogen (secondary N) is 1. The van der Waals surface area contributed by atoms with Crippen molar-refractivity contribution in [1.82, 2.24) is 14.4 Å². The standard InChI is InChI=1S/C29H29N5O2S3/c30-12-23-22-9-10-32(13-19-5-2-1-3-6-19)17-25(22)39-28(23)31-26(35)18-38-29(37)33-14-20-11-21(16-33)24-7-4-8-27(36)34(24)15-20/h1-8,20-21H,9-11,13-18H2,(H,31,35)/t20-,21-/m0/s1. The second-order valence-electron chi connectivity index (χ2n) is 10.5. The molecule has 2 atom stereocenters. The third-order valence-corrected chi connectivity index (χ3v) is 10.5. The van der Waals surface area contributed by atoms with Crippen LogP contribution in [0.4, 0.5) is 5.00 Å². The average molecular weight is 576 g/mol. The number of nitrogens with zero attached hydrogens (tertiary/aromatic N) is 4. The number of carbonyl (C=O) groups is 1. The second kappa shape index (κ2) is 11.3. The van der Waals surface area contributed by atoms with E-state index in [1.54, 1.807) is 6.07 Å². The van der Waals surface area contributed by atoms with Gasteiger partial charge in [0.25, 0.3) is 5.56 Å². The summed E-state index contributed by atoms with van der Waals surface area (Å²) >= 11 is 8.62. The molecule has 1 fully saturated rings. The van der Waals surface area contributed by atoms with E-state index in [0.29, 0.717) is 20.8 Å². The van der Waals surface area contributed by atoms with Gasteiger partial charge in [0.05, 0.1) is 11.3 Å². The number of rotatable bonds is 5. The first-order valence-electron chi connectivity index (χ1n) is 13.2. The number of aromatic nitrogens is 1. The molecule has 200 valence electrons. The maximum absolute atomic E-state index is 12.9. The van der Waals surface area contributed by atoms with E-state index in [1.165, 1.54) is 28.7 Å². The molecule has 0 radical (unpaired) electrons. The molecule has 3 aliphatic heterocycles. The fourth-order valence-electron chi connectivity index (χ4n) is 6.07. The summed E-state index contributed by atoms with van der Waals surface area (Å²) in [4.78, 5) is 31.0. The smallest absolute Gasteiger partial charge is 0.250 e. The largest absolute Gasteiger partial charge is 0.356 e. The van der Waals surface area contributed by atoms with Gasteiger partial charge in [0.2, 0.25) is 5.91 Å². The number of amides is 1. The van der Waals surface area contributed by atoms with Gasteiger partial charge in [-0.05, 0) is 36.0 Å². The van der Waals surface area contributed by atoms with Crippen molar-refractivity contribution in [2.24, 2.45) is 5.92 Å². The molecule has 0 aliphatic carbocycles. The summed E-state index contributed by atoms with van der Waals surface area (Å²) in [5, 5.41) is 13.5. The van der Waals surface area contributed by atoms with E-state index >= 15 is 0 Å². The van der Waals surface area contributed by atoms with Gasteiger partial charge >= 0.3 is 0 Å². The van der Waals surface area contributed by atoms with Crippen molar-refractivity contribution < 1.29 is 4.79 Å². The fraction of sp³-hybridized carbons (Fsp3) is 0.379. The molecule has 5 heterocycles. The molecule has 1 amide bonds. The maximum Gasteiger partial charge on any atom is 0.250 e. The van der Waals surface area contributed by atoms with Crippen molar-refractivity contribution in [3.05, 3.63) is 86.1 Å². The lowest BCUT2D eigenvalue weighted by Gasteiger charge is -2.43. The summed E-state index contributed by atoms with van der Waals surface area (Å²) < 4.78 is 2.63. The van der Waals surface area contributed by atoms with Crippen molar-refractivity contribution in [2.45, 2.75) is 38.4 Å². The Balaban J connectivity index is 1.05. The van der Waals surface area contributed by atoms with Crippen molar-refractivity contribution >= 4 is 50.5 Å². The first kappa shape index (κ1) is 26.3. The third-order valence-electron chi connectivity index (χ3n) is 7.81. The van der Waals surface area contributed by atoms with Gasteiger partial charge in [-0.1, -0.05) is 60.4 Å². The minimum Gasteiger partial charge on any atom is -0.356 e. The Morgan fingerprint density at radius 3 is 2.82 bits per heavy atom. The molecular weight excluding hydrogens is 547 g/mol. The van der Waals surface area contributed by atoms with E-state index in [4.69, 9.17) is 12.2 Å². The van der Waals surface area contributed by atoms with E-state index in [1.807, 2.05) is 22.8 Å². The Hall–Kier alpha value is -2.97. The van der Waals surface area contributed by atoms with Gasteiger partial charge in [-0.15, -0.1) is 11.3 Å². The van der Waals surface area contributed by atoms with E-state index in [2.05, 4.69) is 45.5 Å². The van der Waals surface area contributed by atoms with Gasteiger partial charge in [0, 0.05) is 61.8 Å². The molecule has 0 unspecified atom stereocenters.